The van der Waals surface area contributed by atoms with E-state index in [1.165, 1.54) is 0 Å². The fourth-order valence-corrected chi connectivity index (χ4v) is 4.94. The fraction of sp³-hybridized carbons (Fsp3) is 1.00. The van der Waals surface area contributed by atoms with E-state index < -0.39 is 25.6 Å². The van der Waals surface area contributed by atoms with Crippen LogP contribution in [0.4, 0.5) is 0 Å². The molecular weight excluding hydrogens is 266 g/mol. The van der Waals surface area contributed by atoms with Gasteiger partial charge in [0, 0.05) is 18.9 Å². The predicted molar refractivity (Wildman–Crippen MR) is 64.8 cm³/mol. The van der Waals surface area contributed by atoms with Gasteiger partial charge >= 0.3 is 0 Å². The molecule has 0 heterocycles. The van der Waals surface area contributed by atoms with Gasteiger partial charge in [0.25, 0.3) is 0 Å². The van der Waals surface area contributed by atoms with E-state index in [0.29, 0.717) is 6.42 Å². The molecule has 1 fully saturated rings. The summed E-state index contributed by atoms with van der Waals surface area (Å²) >= 11 is 0. The number of aliphatic hydroxyl groups excluding tert-OH is 1. The first kappa shape index (κ1) is 14.9. The highest BCUT2D eigenvalue weighted by atomic mass is 32.2. The number of rotatable bonds is 6. The molecule has 1 rings (SSSR count). The number of sulfonamides is 1. The largest absolute Gasteiger partial charge is 0.396 e. The van der Waals surface area contributed by atoms with E-state index in [4.69, 9.17) is 5.11 Å². The molecule has 0 amide bonds. The van der Waals surface area contributed by atoms with Crippen molar-refractivity contribution in [2.75, 3.05) is 24.4 Å². The summed E-state index contributed by atoms with van der Waals surface area (Å²) in [5.41, 5.74) is 0. The molecular formula is C9H19NO5S2. The van der Waals surface area contributed by atoms with Crippen LogP contribution < -0.4 is 4.72 Å². The molecule has 0 radical (unpaired) electrons. The number of hydrogen-bond donors (Lipinski definition) is 2. The van der Waals surface area contributed by atoms with Gasteiger partial charge in [0.15, 0.2) is 0 Å². The Labute approximate surface area is 102 Å². The van der Waals surface area contributed by atoms with Crippen molar-refractivity contribution in [2.24, 2.45) is 5.92 Å². The van der Waals surface area contributed by atoms with Crippen molar-refractivity contribution in [3.05, 3.63) is 0 Å². The van der Waals surface area contributed by atoms with E-state index in [-0.39, 0.29) is 24.3 Å². The molecule has 0 aromatic carbocycles. The highest BCUT2D eigenvalue weighted by molar-refractivity contribution is 7.93. The number of hydrogen-bond acceptors (Lipinski definition) is 5. The van der Waals surface area contributed by atoms with Crippen molar-refractivity contribution in [3.8, 4) is 0 Å². The van der Waals surface area contributed by atoms with Gasteiger partial charge in [0.2, 0.25) is 10.0 Å². The Hall–Kier alpha value is -0.180. The molecule has 0 aromatic heterocycles. The molecule has 0 aliphatic heterocycles. The Kier molecular flexibility index (Phi) is 4.94. The Balaban J connectivity index is 2.55. The van der Waals surface area contributed by atoms with Crippen LogP contribution in [0.2, 0.25) is 0 Å². The minimum absolute atomic E-state index is 0.0424. The molecule has 6 nitrogen and oxygen atoms in total. The zero-order valence-electron chi connectivity index (χ0n) is 9.79. The zero-order valence-corrected chi connectivity index (χ0v) is 11.4. The summed E-state index contributed by atoms with van der Waals surface area (Å²) in [5, 5.41) is 9.06. The first-order valence-electron chi connectivity index (χ1n) is 5.52. The molecule has 0 aromatic rings. The van der Waals surface area contributed by atoms with Crippen LogP contribution in [0.25, 0.3) is 0 Å². The van der Waals surface area contributed by atoms with Gasteiger partial charge in [-0.15, -0.1) is 0 Å². The van der Waals surface area contributed by atoms with E-state index in [0.717, 1.165) is 19.1 Å². The van der Waals surface area contributed by atoms with Crippen molar-refractivity contribution >= 4 is 19.9 Å². The maximum atomic E-state index is 11.6. The van der Waals surface area contributed by atoms with Crippen LogP contribution in [0.1, 0.15) is 19.3 Å². The Morgan fingerprint density at radius 3 is 2.35 bits per heavy atom. The van der Waals surface area contributed by atoms with Gasteiger partial charge in [-0.2, -0.15) is 0 Å². The van der Waals surface area contributed by atoms with Crippen LogP contribution in [0.3, 0.4) is 0 Å². The van der Waals surface area contributed by atoms with Gasteiger partial charge in [0.05, 0.1) is 11.5 Å². The van der Waals surface area contributed by atoms with Crippen LogP contribution in [0.5, 0.6) is 0 Å². The molecule has 2 N–H and O–H groups in total. The van der Waals surface area contributed by atoms with E-state index in [1.807, 2.05) is 0 Å². The van der Waals surface area contributed by atoms with Crippen LogP contribution >= 0.6 is 0 Å². The molecule has 102 valence electrons. The van der Waals surface area contributed by atoms with Crippen molar-refractivity contribution in [2.45, 2.75) is 25.3 Å². The van der Waals surface area contributed by atoms with Gasteiger partial charge in [-0.05, 0) is 18.8 Å². The second-order valence-corrected chi connectivity index (χ2v) is 8.68. The summed E-state index contributed by atoms with van der Waals surface area (Å²) in [5.74, 6) is -0.845. The maximum Gasteiger partial charge on any atom is 0.212 e. The van der Waals surface area contributed by atoms with E-state index in [9.17, 15) is 16.8 Å². The molecule has 1 aliphatic carbocycles. The van der Waals surface area contributed by atoms with E-state index in [1.54, 1.807) is 0 Å². The van der Waals surface area contributed by atoms with Crippen LogP contribution in [0.15, 0.2) is 0 Å². The first-order chi connectivity index (χ1) is 7.73. The second kappa shape index (κ2) is 5.64. The van der Waals surface area contributed by atoms with Gasteiger partial charge < -0.3 is 5.11 Å². The third-order valence-electron chi connectivity index (χ3n) is 2.95. The van der Waals surface area contributed by atoms with Gasteiger partial charge in [-0.1, -0.05) is 6.42 Å². The molecule has 1 aliphatic rings. The average molecular weight is 285 g/mol. The molecule has 2 atom stereocenters. The Bertz CT molecular complexity index is 442. The van der Waals surface area contributed by atoms with Gasteiger partial charge in [-0.3, -0.25) is 0 Å². The molecule has 0 saturated heterocycles. The number of nitrogens with one attached hydrogen (secondary N) is 1. The quantitative estimate of drug-likeness (QED) is 0.659. The average Bonchev–Trinajstić information content (AvgIpc) is 2.61. The topological polar surface area (TPSA) is 101 Å². The third kappa shape index (κ3) is 5.33. The summed E-state index contributed by atoms with van der Waals surface area (Å²) in [6, 6.07) is -0.260. The van der Waals surface area contributed by atoms with Crippen LogP contribution in [-0.4, -0.2) is 52.4 Å². The predicted octanol–water partition coefficient (Wildman–Crippen LogP) is -0.889. The van der Waals surface area contributed by atoms with Gasteiger partial charge in [0.1, 0.15) is 9.84 Å². The highest BCUT2D eigenvalue weighted by Gasteiger charge is 2.30. The Morgan fingerprint density at radius 1 is 1.18 bits per heavy atom. The maximum absolute atomic E-state index is 11.6. The lowest BCUT2D eigenvalue weighted by Gasteiger charge is -2.18. The summed E-state index contributed by atoms with van der Waals surface area (Å²) < 4.78 is 47.6. The van der Waals surface area contributed by atoms with Crippen LogP contribution in [0, 0.1) is 5.92 Å². The van der Waals surface area contributed by atoms with Crippen molar-refractivity contribution < 1.29 is 21.9 Å². The normalized spacial score (nSPS) is 26.2. The van der Waals surface area contributed by atoms with Crippen molar-refractivity contribution in [1.29, 1.82) is 0 Å². The number of aliphatic hydroxyl groups is 1. The SMILES string of the molecule is CS(=O)(=O)CCS(=O)(=O)NC1CCCC1CO. The number of sulfone groups is 1. The van der Waals surface area contributed by atoms with Crippen LogP contribution in [-0.2, 0) is 19.9 Å². The first-order valence-corrected chi connectivity index (χ1v) is 9.23. The minimum Gasteiger partial charge on any atom is -0.396 e. The smallest absolute Gasteiger partial charge is 0.212 e. The molecule has 2 unspecified atom stereocenters. The van der Waals surface area contributed by atoms with Gasteiger partial charge in [-0.25, -0.2) is 21.6 Å². The summed E-state index contributed by atoms with van der Waals surface area (Å²) in [6.45, 7) is -0.0424. The minimum atomic E-state index is -3.58. The second-order valence-electron chi connectivity index (χ2n) is 4.55. The zero-order chi connectivity index (χ0) is 13.1. The standard InChI is InChI=1S/C9H19NO5S2/c1-16(12,13)5-6-17(14,15)10-9-4-2-3-8(9)7-11/h8-11H,2-7H2,1H3. The molecule has 0 spiro atoms. The monoisotopic (exact) mass is 285 g/mol. The summed E-state index contributed by atoms with van der Waals surface area (Å²) in [6.07, 6.45) is 3.39. The third-order valence-corrected chi connectivity index (χ3v) is 5.55. The Morgan fingerprint density at radius 2 is 1.82 bits per heavy atom. The lowest BCUT2D eigenvalue weighted by atomic mass is 10.1. The lowest BCUT2D eigenvalue weighted by molar-refractivity contribution is 0.213. The van der Waals surface area contributed by atoms with E-state index >= 15 is 0 Å². The lowest BCUT2D eigenvalue weighted by Crippen LogP contribution is -2.40. The summed E-state index contributed by atoms with van der Waals surface area (Å²) in [7, 11) is -6.86. The van der Waals surface area contributed by atoms with E-state index in [2.05, 4.69) is 4.72 Å². The summed E-state index contributed by atoms with van der Waals surface area (Å²) in [4.78, 5) is 0. The fourth-order valence-electron chi connectivity index (χ4n) is 1.96. The highest BCUT2D eigenvalue weighted by Crippen LogP contribution is 2.25. The molecule has 17 heavy (non-hydrogen) atoms. The molecule has 0 bridgehead atoms. The van der Waals surface area contributed by atoms with Crippen molar-refractivity contribution in [3.63, 3.8) is 0 Å². The molecule has 8 heteroatoms. The molecule has 1 saturated carbocycles. The van der Waals surface area contributed by atoms with Crippen molar-refractivity contribution in [1.82, 2.24) is 4.72 Å².